The fraction of sp³-hybridized carbons (Fsp3) is 0.286. The van der Waals surface area contributed by atoms with E-state index in [0.717, 1.165) is 11.3 Å². The van der Waals surface area contributed by atoms with Crippen LogP contribution in [0.2, 0.25) is 0 Å². The van der Waals surface area contributed by atoms with Gasteiger partial charge in [0.05, 0.1) is 5.69 Å². The van der Waals surface area contributed by atoms with Crippen LogP contribution >= 0.6 is 15.9 Å². The average molecular weight is 320 g/mol. The van der Waals surface area contributed by atoms with Gasteiger partial charge in [0.15, 0.2) is 5.82 Å². The van der Waals surface area contributed by atoms with Crippen molar-refractivity contribution in [3.63, 3.8) is 0 Å². The van der Waals surface area contributed by atoms with E-state index in [4.69, 9.17) is 0 Å². The molecule has 5 heteroatoms. The van der Waals surface area contributed by atoms with Gasteiger partial charge in [-0.3, -0.25) is 14.8 Å². The molecular formula is C14H14BrN3O. The molecule has 1 atom stereocenters. The van der Waals surface area contributed by atoms with E-state index in [2.05, 4.69) is 39.1 Å². The number of aromatic amines is 1. The Kier molecular flexibility index (Phi) is 3.14. The molecule has 1 aliphatic rings. The fourth-order valence-corrected chi connectivity index (χ4v) is 2.91. The molecular weight excluding hydrogens is 306 g/mol. The smallest absolute Gasteiger partial charge is 0.229 e. The summed E-state index contributed by atoms with van der Waals surface area (Å²) in [7, 11) is 0. The monoisotopic (exact) mass is 319 g/mol. The summed E-state index contributed by atoms with van der Waals surface area (Å²) in [6.07, 6.45) is 0.534. The summed E-state index contributed by atoms with van der Waals surface area (Å²) in [5, 5.41) is 7.28. The third-order valence-corrected chi connectivity index (χ3v) is 3.97. The first-order chi connectivity index (χ1) is 9.15. The Hall–Kier alpha value is -1.62. The van der Waals surface area contributed by atoms with Crippen molar-refractivity contribution in [1.29, 1.82) is 0 Å². The van der Waals surface area contributed by atoms with E-state index in [9.17, 15) is 4.79 Å². The van der Waals surface area contributed by atoms with Crippen LogP contribution in [0.5, 0.6) is 0 Å². The van der Waals surface area contributed by atoms with Gasteiger partial charge in [0.25, 0.3) is 0 Å². The summed E-state index contributed by atoms with van der Waals surface area (Å²) < 4.78 is 0. The molecule has 1 fully saturated rings. The summed E-state index contributed by atoms with van der Waals surface area (Å²) in [6, 6.07) is 10.1. The molecule has 0 bridgehead atoms. The van der Waals surface area contributed by atoms with Crippen molar-refractivity contribution in [2.24, 2.45) is 0 Å². The molecule has 1 aliphatic heterocycles. The number of carbonyl (C=O) groups is 1. The zero-order valence-corrected chi connectivity index (χ0v) is 12.1. The first kappa shape index (κ1) is 12.4. The highest BCUT2D eigenvalue weighted by Gasteiger charge is 2.30. The maximum Gasteiger partial charge on any atom is 0.229 e. The molecule has 0 radical (unpaired) electrons. The molecule has 1 amide bonds. The normalized spacial score (nSPS) is 19.2. The molecule has 2 heterocycles. The second-order valence-corrected chi connectivity index (χ2v) is 6.06. The Labute approximate surface area is 119 Å². The molecule has 0 spiro atoms. The predicted molar refractivity (Wildman–Crippen MR) is 78.4 cm³/mol. The Morgan fingerprint density at radius 1 is 1.42 bits per heavy atom. The van der Waals surface area contributed by atoms with Crippen LogP contribution in [0.15, 0.2) is 30.3 Å². The largest absolute Gasteiger partial charge is 0.294 e. The number of aryl methyl sites for hydroxylation is 1. The number of rotatable bonds is 2. The number of benzene rings is 1. The zero-order chi connectivity index (χ0) is 13.4. The van der Waals surface area contributed by atoms with E-state index < -0.39 is 0 Å². The summed E-state index contributed by atoms with van der Waals surface area (Å²) in [5.41, 5.74) is 3.24. The fourth-order valence-electron chi connectivity index (χ4n) is 2.35. The topological polar surface area (TPSA) is 49.0 Å². The van der Waals surface area contributed by atoms with Gasteiger partial charge in [-0.05, 0) is 12.5 Å². The van der Waals surface area contributed by atoms with Gasteiger partial charge in [-0.25, -0.2) is 0 Å². The number of alkyl halides is 1. The average Bonchev–Trinajstić information content (AvgIpc) is 2.96. The van der Waals surface area contributed by atoms with Crippen LogP contribution in [0.25, 0.3) is 11.3 Å². The number of carbonyl (C=O) groups excluding carboxylic acids is 1. The van der Waals surface area contributed by atoms with Crippen molar-refractivity contribution < 1.29 is 4.79 Å². The number of hydrogen-bond acceptors (Lipinski definition) is 2. The second-order valence-electron chi connectivity index (χ2n) is 4.76. The van der Waals surface area contributed by atoms with Crippen LogP contribution in [0, 0.1) is 6.92 Å². The van der Waals surface area contributed by atoms with Crippen molar-refractivity contribution in [3.8, 4) is 11.3 Å². The SMILES string of the molecule is Cc1ccccc1-c1cc(N2CC(Br)CC2=O)n[nH]1. The zero-order valence-electron chi connectivity index (χ0n) is 10.6. The Morgan fingerprint density at radius 2 is 2.21 bits per heavy atom. The van der Waals surface area contributed by atoms with E-state index in [1.54, 1.807) is 4.90 Å². The third kappa shape index (κ3) is 2.30. The number of aromatic nitrogens is 2. The number of anilines is 1. The van der Waals surface area contributed by atoms with Crippen LogP contribution in [0.1, 0.15) is 12.0 Å². The molecule has 1 unspecified atom stereocenters. The third-order valence-electron chi connectivity index (χ3n) is 3.35. The number of nitrogens with one attached hydrogen (secondary N) is 1. The van der Waals surface area contributed by atoms with Crippen molar-refractivity contribution in [3.05, 3.63) is 35.9 Å². The first-order valence-corrected chi connectivity index (χ1v) is 7.12. The lowest BCUT2D eigenvalue weighted by molar-refractivity contribution is -0.117. The van der Waals surface area contributed by atoms with Gasteiger partial charge in [0.1, 0.15) is 0 Å². The van der Waals surface area contributed by atoms with Gasteiger partial charge in [0.2, 0.25) is 5.91 Å². The minimum absolute atomic E-state index is 0.115. The van der Waals surface area contributed by atoms with Gasteiger partial charge in [-0.2, -0.15) is 5.10 Å². The van der Waals surface area contributed by atoms with E-state index in [-0.39, 0.29) is 10.7 Å². The maximum atomic E-state index is 11.8. The van der Waals surface area contributed by atoms with Crippen LogP contribution in [0.3, 0.4) is 0 Å². The van der Waals surface area contributed by atoms with Crippen molar-refractivity contribution in [1.82, 2.24) is 10.2 Å². The van der Waals surface area contributed by atoms with E-state index in [1.165, 1.54) is 5.56 Å². The van der Waals surface area contributed by atoms with E-state index in [1.807, 2.05) is 24.3 Å². The highest BCUT2D eigenvalue weighted by molar-refractivity contribution is 9.09. The van der Waals surface area contributed by atoms with Crippen LogP contribution in [-0.2, 0) is 4.79 Å². The minimum atomic E-state index is 0.115. The number of nitrogens with zero attached hydrogens (tertiary/aromatic N) is 2. The Bertz CT molecular complexity index is 623. The summed E-state index contributed by atoms with van der Waals surface area (Å²) >= 11 is 3.48. The lowest BCUT2D eigenvalue weighted by Gasteiger charge is -2.11. The van der Waals surface area contributed by atoms with E-state index >= 15 is 0 Å². The lowest BCUT2D eigenvalue weighted by atomic mass is 10.1. The molecule has 3 rings (SSSR count). The Morgan fingerprint density at radius 3 is 2.89 bits per heavy atom. The highest BCUT2D eigenvalue weighted by Crippen LogP contribution is 2.28. The highest BCUT2D eigenvalue weighted by atomic mass is 79.9. The summed E-state index contributed by atoms with van der Waals surface area (Å²) in [6.45, 7) is 2.74. The summed E-state index contributed by atoms with van der Waals surface area (Å²) in [4.78, 5) is 13.8. The van der Waals surface area contributed by atoms with Crippen molar-refractivity contribution in [2.45, 2.75) is 18.2 Å². The lowest BCUT2D eigenvalue weighted by Crippen LogP contribution is -2.24. The first-order valence-electron chi connectivity index (χ1n) is 6.21. The molecule has 0 aliphatic carbocycles. The van der Waals surface area contributed by atoms with E-state index in [0.29, 0.717) is 18.8 Å². The van der Waals surface area contributed by atoms with Crippen LogP contribution in [-0.4, -0.2) is 27.5 Å². The molecule has 1 aromatic carbocycles. The maximum absolute atomic E-state index is 11.8. The molecule has 2 aromatic rings. The van der Waals surface area contributed by atoms with Crippen LogP contribution < -0.4 is 4.90 Å². The standard InChI is InChI=1S/C14H14BrN3O/c1-9-4-2-3-5-11(9)12-7-13(17-16-12)18-8-10(15)6-14(18)19/h2-5,7,10H,6,8H2,1H3,(H,16,17). The number of H-pyrrole nitrogens is 1. The van der Waals surface area contributed by atoms with Gasteiger partial charge >= 0.3 is 0 Å². The molecule has 4 nitrogen and oxygen atoms in total. The van der Waals surface area contributed by atoms with Gasteiger partial charge in [-0.15, -0.1) is 0 Å². The number of hydrogen-bond donors (Lipinski definition) is 1. The van der Waals surface area contributed by atoms with Crippen LogP contribution in [0.4, 0.5) is 5.82 Å². The molecule has 1 aromatic heterocycles. The van der Waals surface area contributed by atoms with Gasteiger partial charge < -0.3 is 0 Å². The van der Waals surface area contributed by atoms with Crippen molar-refractivity contribution >= 4 is 27.7 Å². The number of halogens is 1. The van der Waals surface area contributed by atoms with Gasteiger partial charge in [-0.1, -0.05) is 40.2 Å². The minimum Gasteiger partial charge on any atom is -0.294 e. The predicted octanol–water partition coefficient (Wildman–Crippen LogP) is 2.89. The molecule has 1 saturated heterocycles. The second kappa shape index (κ2) is 4.81. The molecule has 19 heavy (non-hydrogen) atoms. The quantitative estimate of drug-likeness (QED) is 0.865. The van der Waals surface area contributed by atoms with Gasteiger partial charge in [0, 0.05) is 29.4 Å². The summed E-state index contributed by atoms with van der Waals surface area (Å²) in [5.74, 6) is 0.815. The number of amides is 1. The Balaban J connectivity index is 1.92. The molecule has 1 N–H and O–H groups in total. The van der Waals surface area contributed by atoms with Crippen molar-refractivity contribution in [2.75, 3.05) is 11.4 Å². The molecule has 0 saturated carbocycles. The molecule has 98 valence electrons.